The van der Waals surface area contributed by atoms with E-state index in [4.69, 9.17) is 4.42 Å². The molecule has 0 saturated carbocycles. The van der Waals surface area contributed by atoms with Gasteiger partial charge in [-0.05, 0) is 81.1 Å². The van der Waals surface area contributed by atoms with Crippen LogP contribution in [0.2, 0.25) is 0 Å². The number of para-hydroxylation sites is 2. The van der Waals surface area contributed by atoms with Crippen molar-refractivity contribution in [2.24, 2.45) is 0 Å². The summed E-state index contributed by atoms with van der Waals surface area (Å²) in [6.45, 7) is 0. The number of rotatable bonds is 6. The molecule has 0 aliphatic heterocycles. The number of fused-ring (bicyclic) bond motifs is 8. The van der Waals surface area contributed by atoms with Crippen molar-refractivity contribution in [1.82, 2.24) is 0 Å². The second kappa shape index (κ2) is 12.9. The molecule has 0 aliphatic rings. The van der Waals surface area contributed by atoms with E-state index in [0.717, 1.165) is 55.7 Å². The second-order valence-electron chi connectivity index (χ2n) is 14.0. The molecule has 0 radical (unpaired) electrons. The van der Waals surface area contributed by atoms with Gasteiger partial charge in [0.25, 0.3) is 0 Å². The molecule has 9 aromatic carbocycles. The van der Waals surface area contributed by atoms with E-state index < -0.39 is 0 Å². The van der Waals surface area contributed by atoms with Crippen LogP contribution in [-0.2, 0) is 0 Å². The van der Waals surface area contributed by atoms with Gasteiger partial charge in [0.05, 0.1) is 11.4 Å². The van der Waals surface area contributed by atoms with Crippen LogP contribution in [0, 0.1) is 0 Å². The molecule has 2 nitrogen and oxygen atoms in total. The summed E-state index contributed by atoms with van der Waals surface area (Å²) in [5.41, 5.74) is 11.9. The van der Waals surface area contributed by atoms with Gasteiger partial charge in [0.1, 0.15) is 5.58 Å². The Kier molecular flexibility index (Phi) is 7.39. The van der Waals surface area contributed by atoms with Crippen LogP contribution in [0.5, 0.6) is 0 Å². The molecule has 0 N–H and O–H groups in total. The fourth-order valence-electron chi connectivity index (χ4n) is 8.46. The Labute approximate surface area is 322 Å². The molecule has 3 heteroatoms. The van der Waals surface area contributed by atoms with Gasteiger partial charge in [-0.3, -0.25) is 0 Å². The van der Waals surface area contributed by atoms with Crippen molar-refractivity contribution < 1.29 is 4.42 Å². The molecule has 258 valence electrons. The van der Waals surface area contributed by atoms with Gasteiger partial charge in [0, 0.05) is 42.2 Å². The Balaban J connectivity index is 1.21. The summed E-state index contributed by atoms with van der Waals surface area (Å²) in [4.78, 5) is 2.41. The minimum absolute atomic E-state index is 0.856. The van der Waals surface area contributed by atoms with Gasteiger partial charge in [0.2, 0.25) is 0 Å². The quantitative estimate of drug-likeness (QED) is 0.170. The summed E-state index contributed by atoms with van der Waals surface area (Å²) in [6, 6.07) is 72.1. The Hall–Kier alpha value is -6.94. The van der Waals surface area contributed by atoms with Gasteiger partial charge < -0.3 is 9.32 Å². The Bertz CT molecular complexity index is 3210. The van der Waals surface area contributed by atoms with Crippen molar-refractivity contribution in [3.05, 3.63) is 200 Å². The molecule has 55 heavy (non-hydrogen) atoms. The van der Waals surface area contributed by atoms with Crippen molar-refractivity contribution in [2.45, 2.75) is 0 Å². The van der Waals surface area contributed by atoms with Crippen LogP contribution in [0.25, 0.3) is 86.3 Å². The maximum atomic E-state index is 6.78. The van der Waals surface area contributed by atoms with E-state index in [1.807, 2.05) is 17.4 Å². The van der Waals surface area contributed by atoms with E-state index in [1.54, 1.807) is 0 Å². The molecule has 2 heterocycles. The molecule has 11 rings (SSSR count). The zero-order valence-electron chi connectivity index (χ0n) is 29.8. The fourth-order valence-corrected chi connectivity index (χ4v) is 9.57. The highest BCUT2D eigenvalue weighted by molar-refractivity contribution is 7.26. The summed E-state index contributed by atoms with van der Waals surface area (Å²) in [7, 11) is 0. The second-order valence-corrected chi connectivity index (χ2v) is 15.1. The van der Waals surface area contributed by atoms with Crippen molar-refractivity contribution in [2.75, 3.05) is 4.90 Å². The topological polar surface area (TPSA) is 16.4 Å². The molecule has 0 unspecified atom stereocenters. The molecular formula is C52H33NOS. The average Bonchev–Trinajstić information content (AvgIpc) is 3.84. The summed E-state index contributed by atoms with van der Waals surface area (Å²) in [5.74, 6) is 0. The molecule has 2 aromatic heterocycles. The van der Waals surface area contributed by atoms with Crippen LogP contribution in [-0.4, -0.2) is 0 Å². The smallest absolute Gasteiger partial charge is 0.159 e. The number of anilines is 3. The highest BCUT2D eigenvalue weighted by atomic mass is 32.1. The van der Waals surface area contributed by atoms with Crippen molar-refractivity contribution in [3.8, 4) is 33.4 Å². The standard InChI is InChI=1S/C52H33NOS/c1-3-15-34(16-4-1)39-25-13-27-44(49(39)35-17-5-2-6-18-35)53(45-28-14-26-42-41-22-7-9-29-46(41)54-52(42)45)38-21-11-20-37(33-38)40-24-12-19-36-31-32-48-51(50(36)40)43-23-8-10-30-47(43)55-48/h1-33H. The number of thiophene rings is 1. The molecule has 0 spiro atoms. The van der Waals surface area contributed by atoms with Gasteiger partial charge in [0.15, 0.2) is 5.58 Å². The maximum absolute atomic E-state index is 6.78. The third-order valence-corrected chi connectivity index (χ3v) is 12.0. The van der Waals surface area contributed by atoms with E-state index in [2.05, 4.69) is 199 Å². The van der Waals surface area contributed by atoms with E-state index in [1.165, 1.54) is 47.6 Å². The molecule has 0 amide bonds. The van der Waals surface area contributed by atoms with E-state index in [0.29, 0.717) is 0 Å². The zero-order valence-corrected chi connectivity index (χ0v) is 30.6. The molecule has 0 saturated heterocycles. The van der Waals surface area contributed by atoms with Crippen LogP contribution in [0.1, 0.15) is 0 Å². The fraction of sp³-hybridized carbons (Fsp3) is 0. The lowest BCUT2D eigenvalue weighted by molar-refractivity contribution is 0.669. The highest BCUT2D eigenvalue weighted by Crippen LogP contribution is 2.49. The molecular weight excluding hydrogens is 687 g/mol. The zero-order chi connectivity index (χ0) is 36.3. The van der Waals surface area contributed by atoms with Gasteiger partial charge in [-0.15, -0.1) is 11.3 Å². The maximum Gasteiger partial charge on any atom is 0.159 e. The third kappa shape index (κ3) is 5.16. The highest BCUT2D eigenvalue weighted by Gasteiger charge is 2.24. The minimum atomic E-state index is 0.856. The monoisotopic (exact) mass is 719 g/mol. The number of nitrogens with zero attached hydrogens (tertiary/aromatic N) is 1. The lowest BCUT2D eigenvalue weighted by atomic mass is 9.91. The predicted octanol–water partition coefficient (Wildman–Crippen LogP) is 15.6. The van der Waals surface area contributed by atoms with Gasteiger partial charge in [-0.25, -0.2) is 0 Å². The van der Waals surface area contributed by atoms with Crippen molar-refractivity contribution >= 4 is 81.3 Å². The van der Waals surface area contributed by atoms with Crippen LogP contribution in [0.15, 0.2) is 205 Å². The normalized spacial score (nSPS) is 11.6. The SMILES string of the molecule is c1ccc(-c2cccc(N(c3cccc(-c4cccc5ccc6sc7ccccc7c6c45)c3)c3cccc4c3oc3ccccc34)c2-c2ccccc2)cc1. The molecule has 0 atom stereocenters. The Morgan fingerprint density at radius 3 is 1.93 bits per heavy atom. The molecule has 11 aromatic rings. The lowest BCUT2D eigenvalue weighted by Crippen LogP contribution is -2.12. The molecule has 0 bridgehead atoms. The van der Waals surface area contributed by atoms with Crippen LogP contribution in [0.4, 0.5) is 17.1 Å². The first kappa shape index (κ1) is 31.6. The number of furan rings is 1. The predicted molar refractivity (Wildman–Crippen MR) is 235 cm³/mol. The van der Waals surface area contributed by atoms with Gasteiger partial charge in [-0.1, -0.05) is 158 Å². The summed E-state index contributed by atoms with van der Waals surface area (Å²) < 4.78 is 9.40. The van der Waals surface area contributed by atoms with Crippen LogP contribution >= 0.6 is 11.3 Å². The first-order valence-corrected chi connectivity index (χ1v) is 19.5. The lowest BCUT2D eigenvalue weighted by Gasteiger charge is -2.29. The van der Waals surface area contributed by atoms with Crippen LogP contribution in [0.3, 0.4) is 0 Å². The largest absolute Gasteiger partial charge is 0.454 e. The number of benzene rings is 9. The van der Waals surface area contributed by atoms with E-state index in [-0.39, 0.29) is 0 Å². The average molecular weight is 720 g/mol. The van der Waals surface area contributed by atoms with Crippen LogP contribution < -0.4 is 4.90 Å². The van der Waals surface area contributed by atoms with Crippen molar-refractivity contribution in [1.29, 1.82) is 0 Å². The summed E-state index contributed by atoms with van der Waals surface area (Å²) in [6.07, 6.45) is 0. The first-order valence-electron chi connectivity index (χ1n) is 18.7. The number of hydrogen-bond donors (Lipinski definition) is 0. The Morgan fingerprint density at radius 1 is 0.400 bits per heavy atom. The Morgan fingerprint density at radius 2 is 1.05 bits per heavy atom. The minimum Gasteiger partial charge on any atom is -0.454 e. The number of hydrogen-bond acceptors (Lipinski definition) is 3. The van der Waals surface area contributed by atoms with Gasteiger partial charge >= 0.3 is 0 Å². The molecule has 0 fully saturated rings. The van der Waals surface area contributed by atoms with E-state index in [9.17, 15) is 0 Å². The molecule has 0 aliphatic carbocycles. The summed E-state index contributed by atoms with van der Waals surface area (Å²) in [5, 5.41) is 7.36. The third-order valence-electron chi connectivity index (χ3n) is 10.9. The van der Waals surface area contributed by atoms with E-state index >= 15 is 0 Å². The summed E-state index contributed by atoms with van der Waals surface area (Å²) >= 11 is 1.87. The van der Waals surface area contributed by atoms with Gasteiger partial charge in [-0.2, -0.15) is 0 Å². The first-order chi connectivity index (χ1) is 27.3. The van der Waals surface area contributed by atoms with Crippen molar-refractivity contribution in [3.63, 3.8) is 0 Å².